The normalized spacial score (nSPS) is 10.8. The van der Waals surface area contributed by atoms with Gasteiger partial charge in [-0.2, -0.15) is 0 Å². The number of rotatable bonds is 1. The van der Waals surface area contributed by atoms with Gasteiger partial charge >= 0.3 is 0 Å². The van der Waals surface area contributed by atoms with Gasteiger partial charge < -0.3 is 0 Å². The number of benzene rings is 1. The Morgan fingerprint density at radius 1 is 1.36 bits per heavy atom. The SMILES string of the molecule is CCc1nc2cccc(Cl)c2cc1C. The molecule has 0 aliphatic rings. The molecule has 2 aromatic rings. The van der Waals surface area contributed by atoms with Gasteiger partial charge in [-0.05, 0) is 37.1 Å². The quantitative estimate of drug-likeness (QED) is 0.691. The Hall–Kier alpha value is -1.08. The number of halogens is 1. The summed E-state index contributed by atoms with van der Waals surface area (Å²) in [5.41, 5.74) is 3.35. The molecule has 2 rings (SSSR count). The molecule has 0 saturated heterocycles. The molecular weight excluding hydrogens is 194 g/mol. The molecule has 2 heteroatoms. The van der Waals surface area contributed by atoms with E-state index in [1.807, 2.05) is 18.2 Å². The molecule has 0 radical (unpaired) electrons. The molecule has 0 N–H and O–H groups in total. The first-order valence-corrected chi connectivity index (χ1v) is 5.15. The van der Waals surface area contributed by atoms with Crippen molar-refractivity contribution < 1.29 is 0 Å². The van der Waals surface area contributed by atoms with Crippen LogP contribution in [0.2, 0.25) is 5.02 Å². The number of nitrogens with zero attached hydrogens (tertiary/aromatic N) is 1. The maximum Gasteiger partial charge on any atom is 0.0720 e. The van der Waals surface area contributed by atoms with E-state index in [1.54, 1.807) is 0 Å². The van der Waals surface area contributed by atoms with Crippen LogP contribution in [0.15, 0.2) is 24.3 Å². The number of aryl methyl sites for hydroxylation is 2. The number of pyridine rings is 1. The summed E-state index contributed by atoms with van der Waals surface area (Å²) in [6.07, 6.45) is 0.967. The highest BCUT2D eigenvalue weighted by Gasteiger charge is 2.03. The van der Waals surface area contributed by atoms with Gasteiger partial charge in [0, 0.05) is 16.1 Å². The van der Waals surface area contributed by atoms with Gasteiger partial charge in [-0.25, -0.2) is 0 Å². The van der Waals surface area contributed by atoms with Gasteiger partial charge in [0.1, 0.15) is 0 Å². The van der Waals surface area contributed by atoms with Gasteiger partial charge in [0.2, 0.25) is 0 Å². The van der Waals surface area contributed by atoms with E-state index < -0.39 is 0 Å². The third-order valence-electron chi connectivity index (χ3n) is 2.44. The van der Waals surface area contributed by atoms with Crippen molar-refractivity contribution in [1.82, 2.24) is 4.98 Å². The molecule has 1 aromatic heterocycles. The molecule has 72 valence electrons. The van der Waals surface area contributed by atoms with Crippen LogP contribution in [0.4, 0.5) is 0 Å². The van der Waals surface area contributed by atoms with Crippen molar-refractivity contribution in [3.8, 4) is 0 Å². The van der Waals surface area contributed by atoms with Gasteiger partial charge in [0.25, 0.3) is 0 Å². The van der Waals surface area contributed by atoms with Gasteiger partial charge in [0.05, 0.1) is 5.52 Å². The van der Waals surface area contributed by atoms with Crippen LogP contribution in [0.5, 0.6) is 0 Å². The molecule has 0 amide bonds. The van der Waals surface area contributed by atoms with Crippen molar-refractivity contribution >= 4 is 22.5 Å². The van der Waals surface area contributed by atoms with Crippen molar-refractivity contribution in [1.29, 1.82) is 0 Å². The van der Waals surface area contributed by atoms with Gasteiger partial charge in [-0.1, -0.05) is 24.6 Å². The molecule has 0 fully saturated rings. The summed E-state index contributed by atoms with van der Waals surface area (Å²) in [6, 6.07) is 7.95. The lowest BCUT2D eigenvalue weighted by Gasteiger charge is -2.05. The standard InChI is InChI=1S/C12H12ClN/c1-3-11-8(2)7-9-10(13)5-4-6-12(9)14-11/h4-7H,3H2,1-2H3. The third-order valence-corrected chi connectivity index (χ3v) is 2.77. The van der Waals surface area contributed by atoms with Crippen LogP contribution in [0.25, 0.3) is 10.9 Å². The molecule has 0 aliphatic carbocycles. The minimum Gasteiger partial charge on any atom is -0.253 e. The van der Waals surface area contributed by atoms with E-state index in [0.29, 0.717) is 0 Å². The van der Waals surface area contributed by atoms with Crippen LogP contribution in [0.3, 0.4) is 0 Å². The van der Waals surface area contributed by atoms with E-state index in [-0.39, 0.29) is 0 Å². The summed E-state index contributed by atoms with van der Waals surface area (Å²) in [5, 5.41) is 1.82. The van der Waals surface area contributed by atoms with Crippen molar-refractivity contribution in [3.05, 3.63) is 40.5 Å². The first kappa shape index (κ1) is 9.47. The Kier molecular flexibility index (Phi) is 2.42. The second-order valence-electron chi connectivity index (χ2n) is 3.41. The molecule has 0 bridgehead atoms. The first-order valence-electron chi connectivity index (χ1n) is 4.77. The fourth-order valence-electron chi connectivity index (χ4n) is 1.66. The lowest BCUT2D eigenvalue weighted by Crippen LogP contribution is -1.92. The number of fused-ring (bicyclic) bond motifs is 1. The zero-order chi connectivity index (χ0) is 10.1. The zero-order valence-electron chi connectivity index (χ0n) is 8.34. The minimum absolute atomic E-state index is 0.778. The predicted octanol–water partition coefficient (Wildman–Crippen LogP) is 3.76. The lowest BCUT2D eigenvalue weighted by molar-refractivity contribution is 1.03. The minimum atomic E-state index is 0.778. The van der Waals surface area contributed by atoms with Crippen molar-refractivity contribution in [2.24, 2.45) is 0 Å². The average Bonchev–Trinajstić information content (AvgIpc) is 2.19. The van der Waals surface area contributed by atoms with Gasteiger partial charge in [-0.15, -0.1) is 0 Å². The maximum atomic E-state index is 6.08. The Labute approximate surface area is 88.7 Å². The van der Waals surface area contributed by atoms with Crippen LogP contribution in [0, 0.1) is 6.92 Å². The Balaban J connectivity index is 2.79. The number of hydrogen-bond acceptors (Lipinski definition) is 1. The van der Waals surface area contributed by atoms with Crippen LogP contribution in [-0.2, 0) is 6.42 Å². The predicted molar refractivity (Wildman–Crippen MR) is 60.9 cm³/mol. The van der Waals surface area contributed by atoms with Crippen molar-refractivity contribution in [2.75, 3.05) is 0 Å². The van der Waals surface area contributed by atoms with E-state index in [9.17, 15) is 0 Å². The lowest BCUT2D eigenvalue weighted by atomic mass is 10.1. The Bertz CT molecular complexity index is 477. The molecule has 14 heavy (non-hydrogen) atoms. The molecule has 0 aliphatic heterocycles. The van der Waals surface area contributed by atoms with Crippen molar-refractivity contribution in [2.45, 2.75) is 20.3 Å². The van der Waals surface area contributed by atoms with Crippen molar-refractivity contribution in [3.63, 3.8) is 0 Å². The highest BCUT2D eigenvalue weighted by atomic mass is 35.5. The van der Waals surface area contributed by atoms with E-state index in [0.717, 1.165) is 28.0 Å². The summed E-state index contributed by atoms with van der Waals surface area (Å²) in [4.78, 5) is 4.57. The Morgan fingerprint density at radius 2 is 2.14 bits per heavy atom. The summed E-state index contributed by atoms with van der Waals surface area (Å²) in [7, 11) is 0. The summed E-state index contributed by atoms with van der Waals surface area (Å²) in [6.45, 7) is 4.19. The highest BCUT2D eigenvalue weighted by Crippen LogP contribution is 2.24. The fraction of sp³-hybridized carbons (Fsp3) is 0.250. The van der Waals surface area contributed by atoms with E-state index >= 15 is 0 Å². The van der Waals surface area contributed by atoms with Crippen LogP contribution >= 0.6 is 11.6 Å². The molecule has 0 spiro atoms. The maximum absolute atomic E-state index is 6.08. The summed E-state index contributed by atoms with van der Waals surface area (Å²) in [5.74, 6) is 0. The first-order chi connectivity index (χ1) is 6.72. The van der Waals surface area contributed by atoms with E-state index in [2.05, 4.69) is 24.9 Å². The molecule has 0 atom stereocenters. The monoisotopic (exact) mass is 205 g/mol. The van der Waals surface area contributed by atoms with E-state index in [4.69, 9.17) is 11.6 Å². The smallest absolute Gasteiger partial charge is 0.0720 e. The second kappa shape index (κ2) is 3.58. The largest absolute Gasteiger partial charge is 0.253 e. The average molecular weight is 206 g/mol. The van der Waals surface area contributed by atoms with Crippen LogP contribution < -0.4 is 0 Å². The molecule has 1 nitrogen and oxygen atoms in total. The van der Waals surface area contributed by atoms with Crippen LogP contribution in [0.1, 0.15) is 18.2 Å². The molecular formula is C12H12ClN. The molecule has 0 saturated carbocycles. The Morgan fingerprint density at radius 3 is 2.86 bits per heavy atom. The molecule has 1 aromatic carbocycles. The van der Waals surface area contributed by atoms with Gasteiger partial charge in [-0.3, -0.25) is 4.98 Å². The highest BCUT2D eigenvalue weighted by molar-refractivity contribution is 6.35. The molecule has 1 heterocycles. The topological polar surface area (TPSA) is 12.9 Å². The third kappa shape index (κ3) is 1.48. The zero-order valence-corrected chi connectivity index (χ0v) is 9.10. The number of hydrogen-bond donors (Lipinski definition) is 0. The van der Waals surface area contributed by atoms with Crippen LogP contribution in [-0.4, -0.2) is 4.98 Å². The number of aromatic nitrogens is 1. The van der Waals surface area contributed by atoms with Gasteiger partial charge in [0.15, 0.2) is 0 Å². The molecule has 0 unspecified atom stereocenters. The summed E-state index contributed by atoms with van der Waals surface area (Å²) < 4.78 is 0. The fourth-order valence-corrected chi connectivity index (χ4v) is 1.88. The second-order valence-corrected chi connectivity index (χ2v) is 3.82. The summed E-state index contributed by atoms with van der Waals surface area (Å²) >= 11 is 6.08. The van der Waals surface area contributed by atoms with E-state index in [1.165, 1.54) is 5.56 Å².